The molecule has 0 amide bonds. The van der Waals surface area contributed by atoms with Crippen molar-refractivity contribution in [1.82, 2.24) is 15.0 Å². The van der Waals surface area contributed by atoms with Gasteiger partial charge in [-0.05, 0) is 62.2 Å². The molecule has 4 rings (SSSR count). The van der Waals surface area contributed by atoms with E-state index >= 15 is 0 Å². The van der Waals surface area contributed by atoms with Crippen LogP contribution >= 0.6 is 0 Å². The molecule has 3 heterocycles. The molecule has 5 nitrogen and oxygen atoms in total. The van der Waals surface area contributed by atoms with Crippen LogP contribution in [0.25, 0.3) is 22.2 Å². The van der Waals surface area contributed by atoms with Gasteiger partial charge in [0.25, 0.3) is 0 Å². The van der Waals surface area contributed by atoms with Crippen LogP contribution in [0.4, 0.5) is 4.39 Å². The Hall–Kier alpha value is -3.54. The SMILES string of the molecule is Cc1cc(F)ccc1Oc1nc(C)c(C)cc1-c1cc(=O)c2cnccc2[nH]1. The van der Waals surface area contributed by atoms with Gasteiger partial charge >= 0.3 is 0 Å². The van der Waals surface area contributed by atoms with Crippen LogP contribution in [0, 0.1) is 26.6 Å². The summed E-state index contributed by atoms with van der Waals surface area (Å²) in [5.74, 6) is 0.526. The number of ether oxygens (including phenoxy) is 1. The molecule has 1 aromatic carbocycles. The van der Waals surface area contributed by atoms with Crippen LogP contribution in [0.5, 0.6) is 11.6 Å². The zero-order chi connectivity index (χ0) is 19.8. The average molecular weight is 375 g/mol. The molecule has 3 aromatic heterocycles. The molecular formula is C22H18FN3O2. The zero-order valence-corrected chi connectivity index (χ0v) is 15.7. The zero-order valence-electron chi connectivity index (χ0n) is 15.7. The van der Waals surface area contributed by atoms with Crippen LogP contribution in [0.3, 0.4) is 0 Å². The molecule has 140 valence electrons. The largest absolute Gasteiger partial charge is 0.438 e. The van der Waals surface area contributed by atoms with Crippen LogP contribution in [0.2, 0.25) is 0 Å². The smallest absolute Gasteiger partial charge is 0.228 e. The van der Waals surface area contributed by atoms with E-state index in [0.717, 1.165) is 11.3 Å². The lowest BCUT2D eigenvalue weighted by Gasteiger charge is -2.14. The summed E-state index contributed by atoms with van der Waals surface area (Å²) >= 11 is 0. The number of H-pyrrole nitrogens is 1. The number of rotatable bonds is 3. The van der Waals surface area contributed by atoms with Gasteiger partial charge in [0.2, 0.25) is 5.88 Å². The molecule has 0 saturated heterocycles. The molecule has 0 aliphatic heterocycles. The van der Waals surface area contributed by atoms with E-state index in [0.29, 0.717) is 39.4 Å². The predicted molar refractivity (Wildman–Crippen MR) is 106 cm³/mol. The maximum absolute atomic E-state index is 13.4. The van der Waals surface area contributed by atoms with Gasteiger partial charge in [-0.1, -0.05) is 0 Å². The molecule has 0 aliphatic rings. The Kier molecular flexibility index (Phi) is 4.39. The summed E-state index contributed by atoms with van der Waals surface area (Å²) < 4.78 is 19.4. The summed E-state index contributed by atoms with van der Waals surface area (Å²) in [5, 5.41) is 0.514. The van der Waals surface area contributed by atoms with Gasteiger partial charge in [0.1, 0.15) is 11.6 Å². The number of pyridine rings is 3. The number of nitrogens with one attached hydrogen (secondary N) is 1. The molecule has 1 N–H and O–H groups in total. The molecule has 6 heteroatoms. The Balaban J connectivity index is 1.89. The van der Waals surface area contributed by atoms with Crippen LogP contribution in [0.15, 0.2) is 53.6 Å². The first-order valence-electron chi connectivity index (χ1n) is 8.82. The first-order chi connectivity index (χ1) is 13.4. The normalized spacial score (nSPS) is 11.0. The van der Waals surface area contributed by atoms with E-state index in [1.807, 2.05) is 19.9 Å². The second kappa shape index (κ2) is 6.88. The minimum Gasteiger partial charge on any atom is -0.438 e. The maximum atomic E-state index is 13.4. The number of aromatic nitrogens is 3. The second-order valence-corrected chi connectivity index (χ2v) is 6.72. The molecule has 4 aromatic rings. The number of aromatic amines is 1. The maximum Gasteiger partial charge on any atom is 0.228 e. The monoisotopic (exact) mass is 375 g/mol. The van der Waals surface area contributed by atoms with Crippen molar-refractivity contribution in [2.75, 3.05) is 0 Å². The third-order valence-electron chi connectivity index (χ3n) is 4.70. The van der Waals surface area contributed by atoms with E-state index in [-0.39, 0.29) is 11.2 Å². The first kappa shape index (κ1) is 17.9. The molecule has 28 heavy (non-hydrogen) atoms. The van der Waals surface area contributed by atoms with Gasteiger partial charge in [0.05, 0.1) is 22.2 Å². The fraction of sp³-hybridized carbons (Fsp3) is 0.136. The van der Waals surface area contributed by atoms with E-state index in [2.05, 4.69) is 15.0 Å². The van der Waals surface area contributed by atoms with Crippen LogP contribution in [0.1, 0.15) is 16.8 Å². The van der Waals surface area contributed by atoms with Crippen molar-refractivity contribution in [2.24, 2.45) is 0 Å². The van der Waals surface area contributed by atoms with Crippen molar-refractivity contribution in [3.05, 3.63) is 81.7 Å². The van der Waals surface area contributed by atoms with Crippen LogP contribution in [-0.2, 0) is 0 Å². The molecule has 0 atom stereocenters. The third-order valence-corrected chi connectivity index (χ3v) is 4.70. The highest BCUT2D eigenvalue weighted by atomic mass is 19.1. The predicted octanol–water partition coefficient (Wildman–Crippen LogP) is 4.84. The topological polar surface area (TPSA) is 67.9 Å². The minimum absolute atomic E-state index is 0.140. The summed E-state index contributed by atoms with van der Waals surface area (Å²) in [6.07, 6.45) is 3.16. The van der Waals surface area contributed by atoms with Crippen molar-refractivity contribution in [1.29, 1.82) is 0 Å². The van der Waals surface area contributed by atoms with Gasteiger partial charge in [-0.25, -0.2) is 9.37 Å². The van der Waals surface area contributed by atoms with Gasteiger partial charge in [-0.3, -0.25) is 9.78 Å². The van der Waals surface area contributed by atoms with E-state index in [9.17, 15) is 9.18 Å². The number of aryl methyl sites for hydroxylation is 3. The van der Waals surface area contributed by atoms with Crippen molar-refractivity contribution in [3.63, 3.8) is 0 Å². The number of fused-ring (bicyclic) bond motifs is 1. The number of nitrogens with zero attached hydrogens (tertiary/aromatic N) is 2. The first-order valence-corrected chi connectivity index (χ1v) is 8.82. The number of hydrogen-bond donors (Lipinski definition) is 1. The Bertz CT molecular complexity index is 1260. The molecular weight excluding hydrogens is 357 g/mol. The Labute approximate surface area is 160 Å². The lowest BCUT2D eigenvalue weighted by atomic mass is 10.1. The van der Waals surface area contributed by atoms with Gasteiger partial charge in [-0.15, -0.1) is 0 Å². The summed E-state index contributed by atoms with van der Waals surface area (Å²) in [6.45, 7) is 5.60. The van der Waals surface area contributed by atoms with Crippen molar-refractivity contribution >= 4 is 10.9 Å². The highest BCUT2D eigenvalue weighted by Crippen LogP contribution is 2.33. The fourth-order valence-corrected chi connectivity index (χ4v) is 3.02. The summed E-state index contributed by atoms with van der Waals surface area (Å²) in [6, 6.07) is 9.50. The molecule has 0 bridgehead atoms. The third kappa shape index (κ3) is 3.24. The second-order valence-electron chi connectivity index (χ2n) is 6.72. The molecule has 0 spiro atoms. The van der Waals surface area contributed by atoms with Crippen LogP contribution < -0.4 is 10.2 Å². The average Bonchev–Trinajstić information content (AvgIpc) is 2.66. The van der Waals surface area contributed by atoms with E-state index in [4.69, 9.17) is 4.74 Å². The van der Waals surface area contributed by atoms with Gasteiger partial charge < -0.3 is 9.72 Å². The van der Waals surface area contributed by atoms with Gasteiger partial charge in [0, 0.05) is 24.2 Å². The summed E-state index contributed by atoms with van der Waals surface area (Å²) in [4.78, 5) is 24.4. The van der Waals surface area contributed by atoms with Crippen molar-refractivity contribution < 1.29 is 9.13 Å². The highest BCUT2D eigenvalue weighted by Gasteiger charge is 2.15. The summed E-state index contributed by atoms with van der Waals surface area (Å²) in [7, 11) is 0. The van der Waals surface area contributed by atoms with Crippen LogP contribution in [-0.4, -0.2) is 15.0 Å². The Morgan fingerprint density at radius 1 is 1.04 bits per heavy atom. The quantitative estimate of drug-likeness (QED) is 0.556. The lowest BCUT2D eigenvalue weighted by molar-refractivity contribution is 0.458. The lowest BCUT2D eigenvalue weighted by Crippen LogP contribution is -2.05. The fourth-order valence-electron chi connectivity index (χ4n) is 3.02. The molecule has 0 aliphatic carbocycles. The molecule has 0 fully saturated rings. The van der Waals surface area contributed by atoms with E-state index in [1.165, 1.54) is 24.4 Å². The summed E-state index contributed by atoms with van der Waals surface area (Å²) in [5.41, 5.74) is 4.22. The van der Waals surface area contributed by atoms with Crippen molar-refractivity contribution in [2.45, 2.75) is 20.8 Å². The van der Waals surface area contributed by atoms with E-state index in [1.54, 1.807) is 25.3 Å². The standard InChI is InChI=1S/C22H18FN3O2/c1-12-9-16(19-10-20(27)17-11-24-7-6-18(17)26-19)22(25-14(12)3)28-21-5-4-15(23)8-13(21)2/h4-11H,1-3H3,(H,26,27). The molecule has 0 saturated carbocycles. The Morgan fingerprint density at radius 2 is 1.86 bits per heavy atom. The van der Waals surface area contributed by atoms with Gasteiger partial charge in [-0.2, -0.15) is 0 Å². The molecule has 0 unspecified atom stereocenters. The van der Waals surface area contributed by atoms with E-state index < -0.39 is 0 Å². The van der Waals surface area contributed by atoms with Crippen molar-refractivity contribution in [3.8, 4) is 22.9 Å². The van der Waals surface area contributed by atoms with Gasteiger partial charge in [0.15, 0.2) is 5.43 Å². The Morgan fingerprint density at radius 3 is 2.64 bits per heavy atom. The minimum atomic E-state index is -0.328. The number of hydrogen-bond acceptors (Lipinski definition) is 4. The number of benzene rings is 1. The number of halogens is 1. The highest BCUT2D eigenvalue weighted by molar-refractivity contribution is 5.81. The molecule has 0 radical (unpaired) electrons.